The number of hydrogen-bond acceptors (Lipinski definition) is 2. The zero-order valence-electron chi connectivity index (χ0n) is 15.3. The van der Waals surface area contributed by atoms with E-state index >= 15 is 0 Å². The molecule has 0 aromatic heterocycles. The number of rotatable bonds is 5. The molecule has 0 aliphatic heterocycles. The van der Waals surface area contributed by atoms with Gasteiger partial charge in [-0.3, -0.25) is 0 Å². The summed E-state index contributed by atoms with van der Waals surface area (Å²) in [5.74, 6) is -0.248. The predicted molar refractivity (Wildman–Crippen MR) is 112 cm³/mol. The zero-order chi connectivity index (χ0) is 18.6. The minimum absolute atomic E-state index is 0.248. The molecule has 0 saturated carbocycles. The van der Waals surface area contributed by atoms with Gasteiger partial charge in [-0.15, -0.1) is 0 Å². The molecule has 0 N–H and O–H groups in total. The fourth-order valence-corrected chi connectivity index (χ4v) is 5.12. The fraction of sp³-hybridized carbons (Fsp3) is 0.130. The van der Waals surface area contributed by atoms with Crippen LogP contribution < -0.4 is 21.0 Å². The van der Waals surface area contributed by atoms with E-state index in [1.165, 1.54) is 22.0 Å². The molecule has 3 aromatic rings. The van der Waals surface area contributed by atoms with Crippen LogP contribution in [-0.2, 0) is 4.74 Å². The lowest BCUT2D eigenvalue weighted by molar-refractivity contribution is -0.356. The Labute approximate surface area is 157 Å². The summed E-state index contributed by atoms with van der Waals surface area (Å²) in [5, 5.41) is 14.4. The van der Waals surface area contributed by atoms with Gasteiger partial charge in [0.05, 0.1) is 7.92 Å². The maximum Gasteiger partial charge on any atom is 0.102 e. The summed E-state index contributed by atoms with van der Waals surface area (Å²) in [7, 11) is -0.877. The first-order valence-corrected chi connectivity index (χ1v) is 10.3. The van der Waals surface area contributed by atoms with Crippen LogP contribution in [0.1, 0.15) is 13.8 Å². The van der Waals surface area contributed by atoms with Crippen LogP contribution in [0.2, 0.25) is 0 Å². The van der Waals surface area contributed by atoms with Crippen LogP contribution in [0.4, 0.5) is 0 Å². The highest BCUT2D eigenvalue weighted by atomic mass is 31.1. The molecular weight excluding hydrogens is 339 g/mol. The SMILES string of the molecule is CC=C([O-])OCC.c1ccc([PH+](c2ccccc2)c2ccccc2)cc1. The van der Waals surface area contributed by atoms with E-state index < -0.39 is 7.92 Å². The molecule has 26 heavy (non-hydrogen) atoms. The van der Waals surface area contributed by atoms with E-state index in [4.69, 9.17) is 0 Å². The van der Waals surface area contributed by atoms with Crippen molar-refractivity contribution < 1.29 is 9.84 Å². The third kappa shape index (κ3) is 6.06. The second kappa shape index (κ2) is 11.1. The van der Waals surface area contributed by atoms with Gasteiger partial charge in [0.15, 0.2) is 0 Å². The predicted octanol–water partition coefficient (Wildman–Crippen LogP) is 3.42. The molecule has 0 heterocycles. The van der Waals surface area contributed by atoms with E-state index in [9.17, 15) is 5.11 Å². The largest absolute Gasteiger partial charge is 0.614 e. The quantitative estimate of drug-likeness (QED) is 0.513. The highest BCUT2D eigenvalue weighted by molar-refractivity contribution is 7.79. The summed E-state index contributed by atoms with van der Waals surface area (Å²) in [6.07, 6.45) is 1.39. The number of benzene rings is 3. The summed E-state index contributed by atoms with van der Waals surface area (Å²) >= 11 is 0. The second-order valence-electron chi connectivity index (χ2n) is 5.51. The Hall–Kier alpha value is -2.57. The van der Waals surface area contributed by atoms with Crippen molar-refractivity contribution in [2.45, 2.75) is 13.8 Å². The summed E-state index contributed by atoms with van der Waals surface area (Å²) in [4.78, 5) is 0. The highest BCUT2D eigenvalue weighted by Crippen LogP contribution is 2.32. The summed E-state index contributed by atoms with van der Waals surface area (Å²) in [6, 6.07) is 32.5. The molecule has 0 bridgehead atoms. The molecule has 0 fully saturated rings. The summed E-state index contributed by atoms with van der Waals surface area (Å²) in [6.45, 7) is 3.89. The van der Waals surface area contributed by atoms with Crippen LogP contribution in [0.3, 0.4) is 0 Å². The molecule has 134 valence electrons. The van der Waals surface area contributed by atoms with Gasteiger partial charge in [-0.2, -0.15) is 0 Å². The van der Waals surface area contributed by atoms with Gasteiger partial charge in [0.1, 0.15) is 15.9 Å². The zero-order valence-corrected chi connectivity index (χ0v) is 16.3. The van der Waals surface area contributed by atoms with Gasteiger partial charge in [-0.05, 0) is 49.9 Å². The molecule has 0 saturated heterocycles. The van der Waals surface area contributed by atoms with Crippen LogP contribution in [0.5, 0.6) is 0 Å². The maximum absolute atomic E-state index is 10.1. The molecule has 3 heteroatoms. The van der Waals surface area contributed by atoms with Gasteiger partial charge in [0.2, 0.25) is 0 Å². The minimum atomic E-state index is -0.877. The summed E-state index contributed by atoms with van der Waals surface area (Å²) in [5.41, 5.74) is 0. The third-order valence-corrected chi connectivity index (χ3v) is 6.44. The third-order valence-electron chi connectivity index (χ3n) is 3.71. The molecule has 0 radical (unpaired) electrons. The Balaban J connectivity index is 0.000000298. The van der Waals surface area contributed by atoms with Crippen LogP contribution in [0, 0.1) is 0 Å². The van der Waals surface area contributed by atoms with E-state index in [0.29, 0.717) is 6.61 Å². The van der Waals surface area contributed by atoms with Gasteiger partial charge in [-0.1, -0.05) is 67.6 Å². The molecule has 0 aliphatic carbocycles. The average molecular weight is 364 g/mol. The van der Waals surface area contributed by atoms with Crippen LogP contribution in [0.15, 0.2) is 103 Å². The van der Waals surface area contributed by atoms with Crippen LogP contribution >= 0.6 is 7.92 Å². The number of ether oxygens (including phenoxy) is 1. The van der Waals surface area contributed by atoms with Crippen molar-refractivity contribution in [3.63, 3.8) is 0 Å². The van der Waals surface area contributed by atoms with Gasteiger partial charge >= 0.3 is 0 Å². The number of hydrogen-bond donors (Lipinski definition) is 0. The van der Waals surface area contributed by atoms with Crippen molar-refractivity contribution in [1.82, 2.24) is 0 Å². The molecule has 0 unspecified atom stereocenters. The van der Waals surface area contributed by atoms with Crippen molar-refractivity contribution in [3.05, 3.63) is 103 Å². The van der Waals surface area contributed by atoms with Crippen LogP contribution in [0.25, 0.3) is 0 Å². The van der Waals surface area contributed by atoms with E-state index in [2.05, 4.69) is 95.7 Å². The Kier molecular flexibility index (Phi) is 8.45. The molecular formula is C23H25O2P. The molecule has 3 aromatic carbocycles. The second-order valence-corrected chi connectivity index (χ2v) is 8.00. The molecule has 2 nitrogen and oxygen atoms in total. The molecule has 0 aliphatic rings. The Bertz CT molecular complexity index is 677. The first kappa shape index (κ1) is 19.8. The average Bonchev–Trinajstić information content (AvgIpc) is 2.71. The van der Waals surface area contributed by atoms with Crippen molar-refractivity contribution in [1.29, 1.82) is 0 Å². The molecule has 0 amide bonds. The first-order chi connectivity index (χ1) is 12.8. The van der Waals surface area contributed by atoms with Crippen molar-refractivity contribution in [2.24, 2.45) is 0 Å². The smallest absolute Gasteiger partial charge is 0.102 e. The lowest BCUT2D eigenvalue weighted by Gasteiger charge is -2.10. The Morgan fingerprint density at radius 1 is 0.769 bits per heavy atom. The number of allylic oxidation sites excluding steroid dienone is 1. The standard InChI is InChI=1S/C18H15P.C5H10O2/c1-4-10-16(11-5-1)19(17-12-6-2-7-13-17)18-14-8-3-9-15-18;1-3-5(6)7-4-2/h1-15H;3,6H,4H2,1-2H3. The van der Waals surface area contributed by atoms with E-state index in [0.717, 1.165) is 0 Å². The summed E-state index contributed by atoms with van der Waals surface area (Å²) < 4.78 is 4.50. The van der Waals surface area contributed by atoms with Crippen LogP contribution in [-0.4, -0.2) is 6.61 Å². The minimum Gasteiger partial charge on any atom is -0.614 e. The van der Waals surface area contributed by atoms with Gasteiger partial charge in [0.25, 0.3) is 0 Å². The maximum atomic E-state index is 10.1. The lowest BCUT2D eigenvalue weighted by Crippen LogP contribution is -2.20. The lowest BCUT2D eigenvalue weighted by atomic mass is 10.4. The van der Waals surface area contributed by atoms with Gasteiger partial charge < -0.3 is 9.84 Å². The van der Waals surface area contributed by atoms with Crippen molar-refractivity contribution in [3.8, 4) is 0 Å². The van der Waals surface area contributed by atoms with Gasteiger partial charge in [0, 0.05) is 5.95 Å². The highest BCUT2D eigenvalue weighted by Gasteiger charge is 2.24. The van der Waals surface area contributed by atoms with E-state index in [1.54, 1.807) is 13.8 Å². The molecule has 3 rings (SSSR count). The van der Waals surface area contributed by atoms with E-state index in [-0.39, 0.29) is 5.95 Å². The topological polar surface area (TPSA) is 32.3 Å². The normalized spacial score (nSPS) is 10.8. The fourth-order valence-electron chi connectivity index (χ4n) is 2.54. The van der Waals surface area contributed by atoms with E-state index in [1.807, 2.05) is 0 Å². The van der Waals surface area contributed by atoms with Gasteiger partial charge in [-0.25, -0.2) is 0 Å². The monoisotopic (exact) mass is 364 g/mol. The molecule has 0 atom stereocenters. The first-order valence-electron chi connectivity index (χ1n) is 8.75. The Morgan fingerprint density at radius 2 is 1.12 bits per heavy atom. The van der Waals surface area contributed by atoms with Crippen molar-refractivity contribution in [2.75, 3.05) is 6.61 Å². The molecule has 0 spiro atoms. The Morgan fingerprint density at radius 3 is 1.35 bits per heavy atom. The van der Waals surface area contributed by atoms with Crippen molar-refractivity contribution >= 4 is 23.8 Å².